The molecule has 6 heteroatoms. The van der Waals surface area contributed by atoms with Gasteiger partial charge in [0, 0.05) is 31.4 Å². The van der Waals surface area contributed by atoms with E-state index in [1.165, 1.54) is 0 Å². The number of aromatic nitrogens is 2. The van der Waals surface area contributed by atoms with E-state index in [9.17, 15) is 8.42 Å². The number of hydrogen-bond acceptors (Lipinski definition) is 3. The van der Waals surface area contributed by atoms with Gasteiger partial charge >= 0.3 is 0 Å². The predicted octanol–water partition coefficient (Wildman–Crippen LogP) is 1.06. The molecule has 2 heterocycles. The van der Waals surface area contributed by atoms with Crippen molar-refractivity contribution in [2.75, 3.05) is 12.3 Å². The van der Waals surface area contributed by atoms with Gasteiger partial charge in [-0.05, 0) is 31.0 Å². The molecule has 0 atom stereocenters. The minimum Gasteiger partial charge on any atom is -0.335 e. The Morgan fingerprint density at radius 1 is 1.44 bits per heavy atom. The van der Waals surface area contributed by atoms with Gasteiger partial charge in [-0.3, -0.25) is 0 Å². The summed E-state index contributed by atoms with van der Waals surface area (Å²) in [5.41, 5.74) is 2.03. The Morgan fingerprint density at radius 3 is 2.94 bits per heavy atom. The first-order valence-electron chi connectivity index (χ1n) is 5.90. The summed E-state index contributed by atoms with van der Waals surface area (Å²) in [7, 11) is -1.17. The second kappa shape index (κ2) is 5.07. The summed E-state index contributed by atoms with van der Waals surface area (Å²) in [6, 6.07) is 3.90. The van der Waals surface area contributed by atoms with E-state index in [0.29, 0.717) is 13.0 Å². The first kappa shape index (κ1) is 13.0. The van der Waals surface area contributed by atoms with Gasteiger partial charge in [-0.25, -0.2) is 18.1 Å². The molecule has 0 bridgehead atoms. The van der Waals surface area contributed by atoms with Crippen LogP contribution >= 0.6 is 0 Å². The molecule has 0 aliphatic heterocycles. The Labute approximate surface area is 107 Å². The fraction of sp³-hybridized carbons (Fsp3) is 0.417. The summed E-state index contributed by atoms with van der Waals surface area (Å²) >= 11 is 0. The smallest absolute Gasteiger partial charge is 0.211 e. The van der Waals surface area contributed by atoms with Crippen LogP contribution in [-0.4, -0.2) is 30.3 Å². The quantitative estimate of drug-likeness (QED) is 0.881. The van der Waals surface area contributed by atoms with Crippen molar-refractivity contribution in [3.05, 3.63) is 30.1 Å². The Bertz CT molecular complexity index is 646. The van der Waals surface area contributed by atoms with Crippen molar-refractivity contribution in [1.29, 1.82) is 0 Å². The Hall–Kier alpha value is -1.40. The zero-order chi connectivity index (χ0) is 13.2. The predicted molar refractivity (Wildman–Crippen MR) is 71.9 cm³/mol. The molecule has 0 fully saturated rings. The van der Waals surface area contributed by atoms with E-state index in [-0.39, 0.29) is 5.75 Å². The van der Waals surface area contributed by atoms with E-state index in [1.54, 1.807) is 13.1 Å². The molecule has 2 aromatic rings. The molecule has 0 saturated carbocycles. The van der Waals surface area contributed by atoms with Gasteiger partial charge in [0.1, 0.15) is 5.65 Å². The number of aryl methyl sites for hydroxylation is 1. The summed E-state index contributed by atoms with van der Waals surface area (Å²) in [5, 5.41) is 1.08. The summed E-state index contributed by atoms with van der Waals surface area (Å²) in [6.07, 6.45) is 4.42. The van der Waals surface area contributed by atoms with E-state index < -0.39 is 10.0 Å². The standard InChI is InChI=1S/C12H17N3O2S/c1-3-18(16,17)14-8-6-10-9-15(2)12-11(10)5-4-7-13-12/h4-5,7,9,14H,3,6,8H2,1-2H3. The van der Waals surface area contributed by atoms with Crippen molar-refractivity contribution < 1.29 is 8.42 Å². The lowest BCUT2D eigenvalue weighted by molar-refractivity contribution is 0.583. The lowest BCUT2D eigenvalue weighted by atomic mass is 10.2. The number of nitrogens with zero attached hydrogens (tertiary/aromatic N) is 2. The highest BCUT2D eigenvalue weighted by atomic mass is 32.2. The van der Waals surface area contributed by atoms with Crippen LogP contribution in [0.1, 0.15) is 12.5 Å². The lowest BCUT2D eigenvalue weighted by Crippen LogP contribution is -2.27. The van der Waals surface area contributed by atoms with Gasteiger partial charge < -0.3 is 4.57 Å². The molecule has 2 aromatic heterocycles. The third-order valence-corrected chi connectivity index (χ3v) is 4.32. The maximum absolute atomic E-state index is 11.3. The van der Waals surface area contributed by atoms with E-state index in [1.807, 2.05) is 29.9 Å². The molecule has 98 valence electrons. The van der Waals surface area contributed by atoms with Crippen molar-refractivity contribution in [3.63, 3.8) is 0 Å². The molecule has 0 aliphatic carbocycles. The lowest BCUT2D eigenvalue weighted by Gasteiger charge is -2.03. The molecule has 0 aliphatic rings. The number of sulfonamides is 1. The molecule has 1 N–H and O–H groups in total. The van der Waals surface area contributed by atoms with E-state index in [2.05, 4.69) is 9.71 Å². The average molecular weight is 267 g/mol. The second-order valence-corrected chi connectivity index (χ2v) is 6.28. The van der Waals surface area contributed by atoms with Crippen LogP contribution in [0.5, 0.6) is 0 Å². The van der Waals surface area contributed by atoms with Gasteiger partial charge in [0.25, 0.3) is 0 Å². The molecule has 0 aromatic carbocycles. The second-order valence-electron chi connectivity index (χ2n) is 4.19. The van der Waals surface area contributed by atoms with Crippen LogP contribution in [0.15, 0.2) is 24.5 Å². The fourth-order valence-electron chi connectivity index (χ4n) is 1.94. The molecular formula is C12H17N3O2S. The van der Waals surface area contributed by atoms with Gasteiger partial charge in [-0.1, -0.05) is 0 Å². The van der Waals surface area contributed by atoms with Gasteiger partial charge in [0.05, 0.1) is 5.75 Å². The summed E-state index contributed by atoms with van der Waals surface area (Å²) < 4.78 is 27.2. The zero-order valence-corrected chi connectivity index (χ0v) is 11.4. The van der Waals surface area contributed by atoms with Crippen molar-refractivity contribution >= 4 is 21.1 Å². The highest BCUT2D eigenvalue weighted by Gasteiger charge is 2.09. The maximum atomic E-state index is 11.3. The van der Waals surface area contributed by atoms with Gasteiger partial charge in [0.2, 0.25) is 10.0 Å². The molecular weight excluding hydrogens is 250 g/mol. The first-order chi connectivity index (χ1) is 8.53. The molecule has 0 radical (unpaired) electrons. The molecule has 5 nitrogen and oxygen atoms in total. The Balaban J connectivity index is 2.13. The number of rotatable bonds is 5. The highest BCUT2D eigenvalue weighted by molar-refractivity contribution is 7.89. The van der Waals surface area contributed by atoms with Crippen LogP contribution in [0.2, 0.25) is 0 Å². The van der Waals surface area contributed by atoms with E-state index >= 15 is 0 Å². The molecule has 2 rings (SSSR count). The van der Waals surface area contributed by atoms with E-state index in [4.69, 9.17) is 0 Å². The normalized spacial score (nSPS) is 12.1. The minimum absolute atomic E-state index is 0.115. The molecule has 18 heavy (non-hydrogen) atoms. The van der Waals surface area contributed by atoms with Crippen LogP contribution in [0.3, 0.4) is 0 Å². The zero-order valence-electron chi connectivity index (χ0n) is 10.5. The van der Waals surface area contributed by atoms with Gasteiger partial charge in [-0.15, -0.1) is 0 Å². The summed E-state index contributed by atoms with van der Waals surface area (Å²) in [4.78, 5) is 4.30. The molecule has 0 amide bonds. The molecule has 0 saturated heterocycles. The number of pyridine rings is 1. The topological polar surface area (TPSA) is 64.0 Å². The largest absolute Gasteiger partial charge is 0.335 e. The molecule has 0 spiro atoms. The first-order valence-corrected chi connectivity index (χ1v) is 7.55. The monoisotopic (exact) mass is 267 g/mol. The van der Waals surface area contributed by atoms with Gasteiger partial charge in [-0.2, -0.15) is 0 Å². The SMILES string of the molecule is CCS(=O)(=O)NCCc1cn(C)c2ncccc12. The number of hydrogen-bond donors (Lipinski definition) is 1. The number of nitrogens with one attached hydrogen (secondary N) is 1. The van der Waals surface area contributed by atoms with Crippen LogP contribution in [-0.2, 0) is 23.5 Å². The fourth-order valence-corrected chi connectivity index (χ4v) is 2.55. The average Bonchev–Trinajstić information content (AvgIpc) is 2.67. The van der Waals surface area contributed by atoms with Crippen molar-refractivity contribution in [2.24, 2.45) is 7.05 Å². The van der Waals surface area contributed by atoms with Gasteiger partial charge in [0.15, 0.2) is 0 Å². The van der Waals surface area contributed by atoms with Crippen LogP contribution < -0.4 is 4.72 Å². The summed E-state index contributed by atoms with van der Waals surface area (Å²) in [5.74, 6) is 0.115. The third-order valence-electron chi connectivity index (χ3n) is 2.91. The number of fused-ring (bicyclic) bond motifs is 1. The van der Waals surface area contributed by atoms with Crippen molar-refractivity contribution in [2.45, 2.75) is 13.3 Å². The third kappa shape index (κ3) is 2.70. The maximum Gasteiger partial charge on any atom is 0.211 e. The summed E-state index contributed by atoms with van der Waals surface area (Å²) in [6.45, 7) is 2.05. The van der Waals surface area contributed by atoms with Crippen LogP contribution in [0.4, 0.5) is 0 Å². The van der Waals surface area contributed by atoms with Crippen LogP contribution in [0, 0.1) is 0 Å². The van der Waals surface area contributed by atoms with Crippen molar-refractivity contribution in [3.8, 4) is 0 Å². The Kier molecular flexibility index (Phi) is 3.68. The highest BCUT2D eigenvalue weighted by Crippen LogP contribution is 2.18. The van der Waals surface area contributed by atoms with Crippen molar-refractivity contribution in [1.82, 2.24) is 14.3 Å². The van der Waals surface area contributed by atoms with Crippen LogP contribution in [0.25, 0.3) is 11.0 Å². The van der Waals surface area contributed by atoms with E-state index in [0.717, 1.165) is 16.6 Å². The molecule has 0 unspecified atom stereocenters. The Morgan fingerprint density at radius 2 is 2.22 bits per heavy atom. The minimum atomic E-state index is -3.11.